The van der Waals surface area contributed by atoms with Gasteiger partial charge in [-0.25, -0.2) is 4.79 Å². The Kier molecular flexibility index (Phi) is 9.14. The van der Waals surface area contributed by atoms with Gasteiger partial charge in [-0.2, -0.15) is 0 Å². The number of ether oxygens (including phenoxy) is 1. The number of benzene rings is 1. The molecule has 0 aromatic heterocycles. The zero-order valence-electron chi connectivity index (χ0n) is 16.1. The number of aliphatic hydroxyl groups excluding tert-OH is 1. The molecule has 0 bridgehead atoms. The van der Waals surface area contributed by atoms with E-state index < -0.39 is 17.9 Å². The summed E-state index contributed by atoms with van der Waals surface area (Å²) < 4.78 is 6.72. The second kappa shape index (κ2) is 11.3. The third-order valence-electron chi connectivity index (χ3n) is 4.99. The van der Waals surface area contributed by atoms with Gasteiger partial charge < -0.3 is 25.2 Å². The molecular weight excluding hydrogens is 440 g/mol. The van der Waals surface area contributed by atoms with E-state index in [-0.39, 0.29) is 0 Å². The van der Waals surface area contributed by atoms with E-state index in [1.165, 1.54) is 0 Å². The van der Waals surface area contributed by atoms with E-state index in [1.54, 1.807) is 6.08 Å². The van der Waals surface area contributed by atoms with Crippen LogP contribution in [0.15, 0.2) is 58.8 Å². The Hall–Kier alpha value is -1.89. The quantitative estimate of drug-likeness (QED) is 0.182. The van der Waals surface area contributed by atoms with E-state index in [1.807, 2.05) is 24.3 Å². The van der Waals surface area contributed by atoms with Crippen molar-refractivity contribution in [2.75, 3.05) is 6.61 Å². The summed E-state index contributed by atoms with van der Waals surface area (Å²) >= 11 is 3.39. The number of halogens is 1. The second-order valence-electron chi connectivity index (χ2n) is 7.12. The van der Waals surface area contributed by atoms with Gasteiger partial charge in [0.25, 0.3) is 5.79 Å². The lowest BCUT2D eigenvalue weighted by Gasteiger charge is -2.19. The Morgan fingerprint density at radius 1 is 1.31 bits per heavy atom. The normalized spacial score (nSPS) is 20.3. The first-order chi connectivity index (χ1) is 13.8. The number of allylic oxidation sites excluding steroid dienone is 1. The molecule has 1 saturated carbocycles. The van der Waals surface area contributed by atoms with Crippen LogP contribution in [0.3, 0.4) is 0 Å². The largest absolute Gasteiger partial charge is 0.493 e. The monoisotopic (exact) mass is 466 g/mol. The minimum atomic E-state index is -3.21. The fourth-order valence-corrected chi connectivity index (χ4v) is 3.54. The van der Waals surface area contributed by atoms with Gasteiger partial charge in [-0.05, 0) is 73.9 Å². The molecule has 1 aromatic rings. The summed E-state index contributed by atoms with van der Waals surface area (Å²) in [4.78, 5) is 10.7. The minimum absolute atomic E-state index is 0.448. The first-order valence-corrected chi connectivity index (χ1v) is 10.4. The number of carbonyl (C=O) groups is 1. The predicted molar refractivity (Wildman–Crippen MR) is 112 cm³/mol. The maximum Gasteiger partial charge on any atom is 0.367 e. The molecule has 6 nitrogen and oxygen atoms in total. The Labute approximate surface area is 179 Å². The van der Waals surface area contributed by atoms with Crippen molar-refractivity contribution >= 4 is 21.9 Å². The summed E-state index contributed by atoms with van der Waals surface area (Å²) in [6, 6.07) is 7.73. The Balaban J connectivity index is 1.76. The lowest BCUT2D eigenvalue weighted by Crippen LogP contribution is -2.48. The fraction of sp³-hybridized carbons (Fsp3) is 0.455. The molecule has 4 N–H and O–H groups in total. The van der Waals surface area contributed by atoms with Crippen LogP contribution in [0.25, 0.3) is 0 Å². The van der Waals surface area contributed by atoms with Crippen LogP contribution in [0, 0.1) is 11.8 Å². The number of rotatable bonds is 10. The Morgan fingerprint density at radius 2 is 2.03 bits per heavy atom. The molecule has 0 saturated heterocycles. The summed E-state index contributed by atoms with van der Waals surface area (Å²) in [5.74, 6) is -3.37. The average molecular weight is 467 g/mol. The van der Waals surface area contributed by atoms with E-state index in [0.717, 1.165) is 48.4 Å². The molecular formula is C22H27BrO6. The zero-order valence-corrected chi connectivity index (χ0v) is 17.7. The van der Waals surface area contributed by atoms with E-state index >= 15 is 0 Å². The Morgan fingerprint density at radius 3 is 2.72 bits per heavy atom. The molecule has 29 heavy (non-hydrogen) atoms. The maximum atomic E-state index is 10.7. The standard InChI is InChI=1S/C22H27BrO6/c23-18-11-13-19(14-12-18)29-15-4-3-7-17-9-5-8-16(17)6-1-2-10-20(24)22(27,28)21(25)26/h1,3,7,10-14,16-17,20,24,27-28H,4-6,8-9,15H2,(H,25,26)/t2?,16-,17-,20?/m0/s1. The van der Waals surface area contributed by atoms with Crippen LogP contribution in [0.1, 0.15) is 32.1 Å². The van der Waals surface area contributed by atoms with E-state index in [2.05, 4.69) is 33.8 Å². The van der Waals surface area contributed by atoms with Gasteiger partial charge in [-0.3, -0.25) is 0 Å². The van der Waals surface area contributed by atoms with Gasteiger partial charge >= 0.3 is 5.97 Å². The number of carboxylic acids is 1. The molecule has 2 rings (SSSR count). The molecule has 0 spiro atoms. The number of aliphatic carboxylic acids is 1. The molecule has 1 aliphatic rings. The van der Waals surface area contributed by atoms with Gasteiger partial charge in [-0.15, -0.1) is 5.73 Å². The molecule has 0 amide bonds. The SMILES string of the molecule is O=C(O)C(O)(O)C(O)C=C=CC[C@H]1CCC[C@@H]1C=CCCOc1ccc(Br)cc1. The fourth-order valence-electron chi connectivity index (χ4n) is 3.28. The third-order valence-corrected chi connectivity index (χ3v) is 5.52. The van der Waals surface area contributed by atoms with Gasteiger partial charge in [-0.1, -0.05) is 34.5 Å². The number of hydrogen-bond acceptors (Lipinski definition) is 5. The molecule has 3 atom stereocenters. The van der Waals surface area contributed by atoms with Crippen LogP contribution < -0.4 is 4.74 Å². The van der Waals surface area contributed by atoms with Gasteiger partial charge in [0.1, 0.15) is 11.9 Å². The summed E-state index contributed by atoms with van der Waals surface area (Å²) in [6.45, 7) is 0.615. The topological polar surface area (TPSA) is 107 Å². The van der Waals surface area contributed by atoms with Crippen LogP contribution >= 0.6 is 15.9 Å². The Bertz CT molecular complexity index is 749. The summed E-state index contributed by atoms with van der Waals surface area (Å²) in [5.41, 5.74) is 2.66. The van der Waals surface area contributed by atoms with Crippen LogP contribution in [0.4, 0.5) is 0 Å². The highest BCUT2D eigenvalue weighted by atomic mass is 79.9. The molecule has 1 unspecified atom stereocenters. The predicted octanol–water partition coefficient (Wildman–Crippen LogP) is 3.42. The molecule has 1 fully saturated rings. The highest BCUT2D eigenvalue weighted by Gasteiger charge is 2.40. The molecule has 0 heterocycles. The number of aliphatic hydroxyl groups is 3. The third kappa shape index (κ3) is 7.46. The van der Waals surface area contributed by atoms with Crippen LogP contribution in [-0.2, 0) is 4.79 Å². The van der Waals surface area contributed by atoms with Crippen molar-refractivity contribution in [3.8, 4) is 5.75 Å². The first kappa shape index (κ1) is 23.4. The van der Waals surface area contributed by atoms with Gasteiger partial charge in [0.2, 0.25) is 0 Å². The smallest absolute Gasteiger partial charge is 0.367 e. The van der Waals surface area contributed by atoms with Crippen molar-refractivity contribution in [3.63, 3.8) is 0 Å². The van der Waals surface area contributed by atoms with Gasteiger partial charge in [0, 0.05) is 4.47 Å². The first-order valence-electron chi connectivity index (χ1n) is 9.63. The summed E-state index contributed by atoms with van der Waals surface area (Å²) in [6.07, 6.45) is 9.98. The lowest BCUT2D eigenvalue weighted by atomic mass is 9.92. The maximum absolute atomic E-state index is 10.7. The molecule has 0 aliphatic heterocycles. The minimum Gasteiger partial charge on any atom is -0.493 e. The summed E-state index contributed by atoms with van der Waals surface area (Å²) in [7, 11) is 0. The van der Waals surface area contributed by atoms with E-state index in [9.17, 15) is 20.1 Å². The van der Waals surface area contributed by atoms with Crippen LogP contribution in [0.2, 0.25) is 0 Å². The van der Waals surface area contributed by atoms with Crippen molar-refractivity contribution in [2.45, 2.75) is 44.0 Å². The van der Waals surface area contributed by atoms with Crippen molar-refractivity contribution in [1.82, 2.24) is 0 Å². The average Bonchev–Trinajstić information content (AvgIpc) is 3.13. The molecule has 1 aromatic carbocycles. The molecule has 158 valence electrons. The molecule has 7 heteroatoms. The van der Waals surface area contributed by atoms with Gasteiger partial charge in [0.05, 0.1) is 6.61 Å². The number of hydrogen-bond donors (Lipinski definition) is 4. The van der Waals surface area contributed by atoms with Crippen LogP contribution in [-0.4, -0.2) is 44.9 Å². The highest BCUT2D eigenvalue weighted by molar-refractivity contribution is 9.10. The summed E-state index contributed by atoms with van der Waals surface area (Å²) in [5, 5.41) is 36.6. The molecule has 0 radical (unpaired) electrons. The highest BCUT2D eigenvalue weighted by Crippen LogP contribution is 2.35. The van der Waals surface area contributed by atoms with Crippen molar-refractivity contribution in [3.05, 3.63) is 58.8 Å². The molecule has 1 aliphatic carbocycles. The van der Waals surface area contributed by atoms with E-state index in [4.69, 9.17) is 9.84 Å². The second-order valence-corrected chi connectivity index (χ2v) is 8.04. The van der Waals surface area contributed by atoms with Crippen LogP contribution in [0.5, 0.6) is 5.75 Å². The van der Waals surface area contributed by atoms with Crippen molar-refractivity contribution in [2.24, 2.45) is 11.8 Å². The van der Waals surface area contributed by atoms with Crippen molar-refractivity contribution < 1.29 is 30.0 Å². The lowest BCUT2D eigenvalue weighted by molar-refractivity contribution is -0.227. The van der Waals surface area contributed by atoms with Gasteiger partial charge in [0.15, 0.2) is 0 Å². The zero-order chi connectivity index (χ0) is 21.3. The number of carboxylic acid groups (broad SMARTS) is 1. The van der Waals surface area contributed by atoms with Crippen molar-refractivity contribution in [1.29, 1.82) is 0 Å². The van der Waals surface area contributed by atoms with E-state index in [0.29, 0.717) is 18.4 Å².